The van der Waals surface area contributed by atoms with E-state index in [2.05, 4.69) is 31.2 Å². The van der Waals surface area contributed by atoms with Crippen LogP contribution in [0.2, 0.25) is 0 Å². The molecule has 4 amide bonds. The second kappa shape index (κ2) is 12.2. The number of rotatable bonds is 6. The Labute approximate surface area is 231 Å². The maximum Gasteiger partial charge on any atom is 0.413 e. The van der Waals surface area contributed by atoms with Crippen LogP contribution in [0, 0.1) is 0 Å². The summed E-state index contributed by atoms with van der Waals surface area (Å²) in [4.78, 5) is 58.1. The monoisotopic (exact) mass is 548 g/mol. The Kier molecular flexibility index (Phi) is 9.04. The van der Waals surface area contributed by atoms with Crippen LogP contribution in [0.3, 0.4) is 0 Å². The normalized spacial score (nSPS) is 11.2. The van der Waals surface area contributed by atoms with E-state index in [1.165, 1.54) is 6.07 Å². The van der Waals surface area contributed by atoms with Gasteiger partial charge in [0.25, 0.3) is 11.8 Å². The van der Waals surface area contributed by atoms with Crippen molar-refractivity contribution in [3.05, 3.63) is 71.8 Å². The molecule has 3 aromatic rings. The number of carbonyl (C=O) groups is 4. The molecule has 4 N–H and O–H groups in total. The molecule has 0 aliphatic carbocycles. The summed E-state index contributed by atoms with van der Waals surface area (Å²) in [5.41, 5.74) is -0.951. The molecule has 12 nitrogen and oxygen atoms in total. The number of anilines is 4. The number of aromatic nitrogens is 2. The number of nitrogens with one attached hydrogen (secondary N) is 4. The van der Waals surface area contributed by atoms with E-state index in [1.54, 1.807) is 96.1 Å². The predicted molar refractivity (Wildman–Crippen MR) is 151 cm³/mol. The zero-order valence-corrected chi connectivity index (χ0v) is 23.1. The van der Waals surface area contributed by atoms with Gasteiger partial charge < -0.3 is 20.1 Å². The Bertz CT molecular complexity index is 1310. The molecule has 1 aromatic carbocycles. The fraction of sp³-hybridized carbons (Fsp3) is 0.286. The standard InChI is InChI=1S/C28H32N6O6/c1-27(2,3)39-25(37)33-21-14-8-12-19(29-21)31-23(35)17-10-7-11-18(16-17)24(36)32-20-13-9-15-22(30-20)34-26(38)40-28(4,5)6/h7-16H,1-6H3,(H2,29,31,33,35,37)(H2,30,32,34,36,38). The summed E-state index contributed by atoms with van der Waals surface area (Å²) in [5, 5.41) is 10.3. The molecule has 0 saturated carbocycles. The van der Waals surface area contributed by atoms with Crippen LogP contribution in [-0.4, -0.2) is 45.2 Å². The fourth-order valence-corrected chi connectivity index (χ4v) is 3.14. The van der Waals surface area contributed by atoms with Gasteiger partial charge in [-0.25, -0.2) is 19.6 Å². The smallest absolute Gasteiger partial charge is 0.413 e. The van der Waals surface area contributed by atoms with Crippen LogP contribution >= 0.6 is 0 Å². The molecule has 0 aliphatic heterocycles. The van der Waals surface area contributed by atoms with Crippen LogP contribution in [0.25, 0.3) is 0 Å². The first-order valence-electron chi connectivity index (χ1n) is 12.3. The first-order valence-corrected chi connectivity index (χ1v) is 12.3. The van der Waals surface area contributed by atoms with Gasteiger partial charge in [0.1, 0.15) is 34.5 Å². The molecule has 0 unspecified atom stereocenters. The van der Waals surface area contributed by atoms with Crippen LogP contribution in [-0.2, 0) is 9.47 Å². The van der Waals surface area contributed by atoms with Crippen LogP contribution in [0.4, 0.5) is 32.9 Å². The number of benzene rings is 1. The minimum Gasteiger partial charge on any atom is -0.444 e. The van der Waals surface area contributed by atoms with E-state index in [4.69, 9.17) is 9.47 Å². The fourth-order valence-electron chi connectivity index (χ4n) is 3.14. The molecule has 0 radical (unpaired) electrons. The van der Waals surface area contributed by atoms with Gasteiger partial charge in [0.15, 0.2) is 0 Å². The maximum absolute atomic E-state index is 12.9. The average Bonchev–Trinajstić information content (AvgIpc) is 2.82. The SMILES string of the molecule is CC(C)(C)OC(=O)Nc1cccc(NC(=O)c2cccc(C(=O)Nc3cccc(NC(=O)OC(C)(C)C)n3)c2)n1. The summed E-state index contributed by atoms with van der Waals surface area (Å²) < 4.78 is 10.4. The van der Waals surface area contributed by atoms with Gasteiger partial charge in [-0.2, -0.15) is 0 Å². The van der Waals surface area contributed by atoms with Crippen molar-refractivity contribution in [2.75, 3.05) is 21.3 Å². The van der Waals surface area contributed by atoms with E-state index >= 15 is 0 Å². The highest BCUT2D eigenvalue weighted by atomic mass is 16.6. The highest BCUT2D eigenvalue weighted by molar-refractivity contribution is 6.08. The molecule has 210 valence electrons. The zero-order valence-electron chi connectivity index (χ0n) is 23.1. The topological polar surface area (TPSA) is 161 Å². The second-order valence-corrected chi connectivity index (χ2v) is 10.6. The number of hydrogen-bond acceptors (Lipinski definition) is 8. The van der Waals surface area contributed by atoms with Crippen LogP contribution in [0.15, 0.2) is 60.7 Å². The Balaban J connectivity index is 1.64. The van der Waals surface area contributed by atoms with E-state index in [0.717, 1.165) is 0 Å². The van der Waals surface area contributed by atoms with E-state index in [1.807, 2.05) is 0 Å². The van der Waals surface area contributed by atoms with Crippen molar-refractivity contribution in [1.82, 2.24) is 9.97 Å². The molecular weight excluding hydrogens is 516 g/mol. The lowest BCUT2D eigenvalue weighted by atomic mass is 10.1. The summed E-state index contributed by atoms with van der Waals surface area (Å²) in [6.45, 7) is 10.4. The molecule has 0 bridgehead atoms. The Morgan fingerprint density at radius 3 is 1.23 bits per heavy atom. The van der Waals surface area contributed by atoms with E-state index in [-0.39, 0.29) is 34.4 Å². The van der Waals surface area contributed by atoms with Crippen molar-refractivity contribution < 1.29 is 28.7 Å². The third kappa shape index (κ3) is 9.71. The van der Waals surface area contributed by atoms with Gasteiger partial charge in [-0.3, -0.25) is 20.2 Å². The largest absolute Gasteiger partial charge is 0.444 e. The van der Waals surface area contributed by atoms with E-state index < -0.39 is 35.2 Å². The lowest BCUT2D eigenvalue weighted by Gasteiger charge is -2.19. The summed E-state index contributed by atoms with van der Waals surface area (Å²) in [6, 6.07) is 15.5. The van der Waals surface area contributed by atoms with Crippen LogP contribution < -0.4 is 21.3 Å². The first kappa shape index (κ1) is 29.6. The van der Waals surface area contributed by atoms with Crippen molar-refractivity contribution in [3.63, 3.8) is 0 Å². The molecular formula is C28H32N6O6. The van der Waals surface area contributed by atoms with Crippen LogP contribution in [0.5, 0.6) is 0 Å². The number of pyridine rings is 2. The van der Waals surface area contributed by atoms with E-state index in [0.29, 0.717) is 0 Å². The van der Waals surface area contributed by atoms with Crippen molar-refractivity contribution in [1.29, 1.82) is 0 Å². The zero-order chi connectivity index (χ0) is 29.5. The minimum absolute atomic E-state index is 0.187. The van der Waals surface area contributed by atoms with Gasteiger partial charge in [0.2, 0.25) is 0 Å². The lowest BCUT2D eigenvalue weighted by molar-refractivity contribution is 0.0624. The number of nitrogens with zero attached hydrogens (tertiary/aromatic N) is 2. The number of amides is 4. The molecule has 0 spiro atoms. The minimum atomic E-state index is -0.678. The van der Waals surface area contributed by atoms with Crippen LogP contribution in [0.1, 0.15) is 62.3 Å². The number of carbonyl (C=O) groups excluding carboxylic acids is 4. The molecule has 2 aromatic heterocycles. The quantitative estimate of drug-likeness (QED) is 0.306. The van der Waals surface area contributed by atoms with Crippen molar-refractivity contribution >= 4 is 47.3 Å². The van der Waals surface area contributed by atoms with Gasteiger partial charge in [-0.1, -0.05) is 18.2 Å². The molecule has 0 atom stereocenters. The molecule has 0 fully saturated rings. The van der Waals surface area contributed by atoms with Gasteiger partial charge >= 0.3 is 12.2 Å². The van der Waals surface area contributed by atoms with Gasteiger partial charge in [-0.05, 0) is 84.0 Å². The summed E-state index contributed by atoms with van der Waals surface area (Å²) in [7, 11) is 0. The lowest BCUT2D eigenvalue weighted by Crippen LogP contribution is -2.27. The molecule has 12 heteroatoms. The molecule has 40 heavy (non-hydrogen) atoms. The third-order valence-corrected chi connectivity index (χ3v) is 4.63. The molecule has 0 aliphatic rings. The van der Waals surface area contributed by atoms with Gasteiger partial charge in [-0.15, -0.1) is 0 Å². The number of ether oxygens (including phenoxy) is 2. The van der Waals surface area contributed by atoms with E-state index in [9.17, 15) is 19.2 Å². The predicted octanol–water partition coefficient (Wildman–Crippen LogP) is 5.68. The highest BCUT2D eigenvalue weighted by Gasteiger charge is 2.18. The summed E-state index contributed by atoms with van der Waals surface area (Å²) >= 11 is 0. The summed E-state index contributed by atoms with van der Waals surface area (Å²) in [5.74, 6) is -0.275. The maximum atomic E-state index is 12.9. The Morgan fingerprint density at radius 2 is 0.875 bits per heavy atom. The van der Waals surface area contributed by atoms with Gasteiger partial charge in [0, 0.05) is 11.1 Å². The van der Waals surface area contributed by atoms with Gasteiger partial charge in [0.05, 0.1) is 0 Å². The average molecular weight is 549 g/mol. The second-order valence-electron chi connectivity index (χ2n) is 10.6. The number of hydrogen-bond donors (Lipinski definition) is 4. The Morgan fingerprint density at radius 1 is 0.550 bits per heavy atom. The van der Waals surface area contributed by atoms with Crippen molar-refractivity contribution in [3.8, 4) is 0 Å². The summed E-state index contributed by atoms with van der Waals surface area (Å²) in [6.07, 6.45) is -1.36. The first-order chi connectivity index (χ1) is 18.7. The van der Waals surface area contributed by atoms with Crippen molar-refractivity contribution in [2.24, 2.45) is 0 Å². The third-order valence-electron chi connectivity index (χ3n) is 4.63. The highest BCUT2D eigenvalue weighted by Crippen LogP contribution is 2.16. The Hall–Kier alpha value is -5.00. The molecule has 2 heterocycles. The van der Waals surface area contributed by atoms with Crippen molar-refractivity contribution in [2.45, 2.75) is 52.7 Å². The molecule has 3 rings (SSSR count). The molecule has 0 saturated heterocycles.